The van der Waals surface area contributed by atoms with Gasteiger partial charge in [0.15, 0.2) is 18.0 Å². The van der Waals surface area contributed by atoms with E-state index in [0.717, 1.165) is 0 Å². The van der Waals surface area contributed by atoms with Crippen LogP contribution in [0.4, 0.5) is 10.1 Å². The summed E-state index contributed by atoms with van der Waals surface area (Å²) in [6, 6.07) is 10.3. The lowest BCUT2D eigenvalue weighted by Gasteiger charge is -2.15. The summed E-state index contributed by atoms with van der Waals surface area (Å²) in [5.74, 6) is -0.311. The number of imidazole rings is 1. The number of anilines is 1. The Morgan fingerprint density at radius 1 is 1.26 bits per heavy atom. The summed E-state index contributed by atoms with van der Waals surface area (Å²) in [5.41, 5.74) is 1.55. The van der Waals surface area contributed by atoms with Crippen LogP contribution in [-0.4, -0.2) is 55.6 Å². The van der Waals surface area contributed by atoms with Crippen molar-refractivity contribution in [1.29, 1.82) is 0 Å². The largest absolute Gasteiger partial charge is 0.394 e. The first-order valence-electron chi connectivity index (χ1n) is 8.36. The molecule has 1 aromatic carbocycles. The van der Waals surface area contributed by atoms with E-state index in [2.05, 4.69) is 15.3 Å². The lowest BCUT2D eigenvalue weighted by Crippen LogP contribution is -2.30. The minimum absolute atomic E-state index is 0.291. The lowest BCUT2D eigenvalue weighted by molar-refractivity contribution is -0.0459. The van der Waals surface area contributed by atoms with E-state index in [9.17, 15) is 19.4 Å². The van der Waals surface area contributed by atoms with E-state index in [1.165, 1.54) is 17.1 Å². The van der Waals surface area contributed by atoms with Gasteiger partial charge in [0, 0.05) is 11.8 Å². The molecule has 1 fully saturated rings. The number of hydrogen-bond acceptors (Lipinski definition) is 6. The number of alkyl halides is 1. The molecule has 9 heteroatoms. The first-order valence-corrected chi connectivity index (χ1v) is 8.36. The first-order chi connectivity index (χ1) is 13.1. The van der Waals surface area contributed by atoms with Gasteiger partial charge in [-0.25, -0.2) is 14.4 Å². The standard InChI is InChI=1S/C18H17FN4O4/c19-13-15(25)12(8-24)27-18(13)23-9-21-14-11(6-7-20-16(14)23)22-17(26)10-4-2-1-3-5-10/h1-7,9,12-13,15,18,24-25H,8H2,(H,20,22,26)/t12-,13+,15-,18-/m1/s1. The van der Waals surface area contributed by atoms with Crippen molar-refractivity contribution in [3.8, 4) is 0 Å². The summed E-state index contributed by atoms with van der Waals surface area (Å²) < 4.78 is 21.2. The highest BCUT2D eigenvalue weighted by Gasteiger charge is 2.45. The molecule has 0 saturated carbocycles. The number of benzene rings is 1. The van der Waals surface area contributed by atoms with E-state index in [0.29, 0.717) is 22.4 Å². The third-order valence-electron chi connectivity index (χ3n) is 4.49. The number of hydrogen-bond donors (Lipinski definition) is 3. The van der Waals surface area contributed by atoms with E-state index in [1.54, 1.807) is 30.3 Å². The average Bonchev–Trinajstić information content (AvgIpc) is 3.25. The summed E-state index contributed by atoms with van der Waals surface area (Å²) in [5, 5.41) is 21.8. The van der Waals surface area contributed by atoms with Crippen molar-refractivity contribution >= 4 is 22.8 Å². The number of aromatic nitrogens is 3. The molecule has 27 heavy (non-hydrogen) atoms. The van der Waals surface area contributed by atoms with Crippen molar-refractivity contribution in [3.63, 3.8) is 0 Å². The maximum absolute atomic E-state index is 14.4. The Labute approximate surface area is 153 Å². The Balaban J connectivity index is 1.65. The molecule has 8 nitrogen and oxygen atoms in total. The summed E-state index contributed by atoms with van der Waals surface area (Å²) in [4.78, 5) is 20.8. The Kier molecular flexibility index (Phi) is 4.56. The Hall–Kier alpha value is -2.88. The van der Waals surface area contributed by atoms with E-state index >= 15 is 0 Å². The molecule has 0 radical (unpaired) electrons. The van der Waals surface area contributed by atoms with E-state index in [1.807, 2.05) is 6.07 Å². The highest BCUT2D eigenvalue weighted by molar-refractivity contribution is 6.07. The van der Waals surface area contributed by atoms with Gasteiger partial charge < -0.3 is 20.3 Å². The van der Waals surface area contributed by atoms with Crippen LogP contribution >= 0.6 is 0 Å². The van der Waals surface area contributed by atoms with Crippen molar-refractivity contribution in [3.05, 3.63) is 54.5 Å². The summed E-state index contributed by atoms with van der Waals surface area (Å²) in [7, 11) is 0. The maximum Gasteiger partial charge on any atom is 0.255 e. The predicted molar refractivity (Wildman–Crippen MR) is 93.8 cm³/mol. The minimum atomic E-state index is -1.75. The molecular formula is C18H17FN4O4. The molecule has 1 aliphatic rings. The SMILES string of the molecule is O=C(Nc1ccnc2c1ncn2[C@@H]1O[C@H](CO)[C@@H](O)[C@@H]1F)c1ccccc1. The number of carbonyl (C=O) groups excluding carboxylic acids is 1. The molecule has 3 N–H and O–H groups in total. The zero-order valence-electron chi connectivity index (χ0n) is 14.1. The van der Waals surface area contributed by atoms with Gasteiger partial charge in [0.1, 0.15) is 17.7 Å². The summed E-state index contributed by atoms with van der Waals surface area (Å²) in [6.45, 7) is -0.503. The van der Waals surface area contributed by atoms with Crippen LogP contribution in [0.1, 0.15) is 16.6 Å². The third-order valence-corrected chi connectivity index (χ3v) is 4.49. The fourth-order valence-electron chi connectivity index (χ4n) is 3.08. The van der Waals surface area contributed by atoms with Crippen LogP contribution in [0.15, 0.2) is 48.9 Å². The molecule has 2 aromatic heterocycles. The van der Waals surface area contributed by atoms with Gasteiger partial charge in [0.2, 0.25) is 0 Å². The molecule has 0 bridgehead atoms. The predicted octanol–water partition coefficient (Wildman–Crippen LogP) is 1.27. The number of halogens is 1. The molecule has 1 saturated heterocycles. The van der Waals surface area contributed by atoms with Crippen LogP contribution in [-0.2, 0) is 4.74 Å². The minimum Gasteiger partial charge on any atom is -0.394 e. The topological polar surface area (TPSA) is 110 Å². The summed E-state index contributed by atoms with van der Waals surface area (Å²) >= 11 is 0. The van der Waals surface area contributed by atoms with Crippen molar-refractivity contribution < 1.29 is 24.1 Å². The lowest BCUT2D eigenvalue weighted by atomic mass is 10.1. The van der Waals surface area contributed by atoms with Crippen molar-refractivity contribution in [2.45, 2.75) is 24.6 Å². The molecule has 1 amide bonds. The molecule has 4 atom stereocenters. The number of aliphatic hydroxyl groups excluding tert-OH is 2. The smallest absolute Gasteiger partial charge is 0.255 e. The van der Waals surface area contributed by atoms with Crippen LogP contribution in [0, 0.1) is 0 Å². The molecule has 1 aliphatic heterocycles. The van der Waals surface area contributed by atoms with Gasteiger partial charge in [0.05, 0.1) is 18.6 Å². The summed E-state index contributed by atoms with van der Waals surface area (Å²) in [6.07, 6.45) is -2.59. The van der Waals surface area contributed by atoms with E-state index < -0.39 is 31.2 Å². The van der Waals surface area contributed by atoms with Gasteiger partial charge in [-0.05, 0) is 18.2 Å². The highest BCUT2D eigenvalue weighted by Crippen LogP contribution is 2.34. The molecule has 0 spiro atoms. The van der Waals surface area contributed by atoms with Crippen LogP contribution < -0.4 is 5.32 Å². The van der Waals surface area contributed by atoms with Gasteiger partial charge in [0.25, 0.3) is 5.91 Å². The second-order valence-corrected chi connectivity index (χ2v) is 6.19. The second-order valence-electron chi connectivity index (χ2n) is 6.19. The Morgan fingerprint density at radius 2 is 2.04 bits per heavy atom. The van der Waals surface area contributed by atoms with E-state index in [4.69, 9.17) is 4.74 Å². The number of nitrogens with zero attached hydrogens (tertiary/aromatic N) is 3. The van der Waals surface area contributed by atoms with Gasteiger partial charge in [-0.3, -0.25) is 9.36 Å². The van der Waals surface area contributed by atoms with E-state index in [-0.39, 0.29) is 5.91 Å². The fourth-order valence-corrected chi connectivity index (χ4v) is 3.08. The maximum atomic E-state index is 14.4. The van der Waals surface area contributed by atoms with Gasteiger partial charge in [-0.2, -0.15) is 0 Å². The fraction of sp³-hybridized carbons (Fsp3) is 0.278. The first kappa shape index (κ1) is 17.5. The molecule has 0 unspecified atom stereocenters. The van der Waals surface area contributed by atoms with Crippen molar-refractivity contribution in [2.24, 2.45) is 0 Å². The number of rotatable bonds is 4. The molecule has 3 heterocycles. The zero-order chi connectivity index (χ0) is 19.0. The number of aliphatic hydroxyl groups is 2. The van der Waals surface area contributed by atoms with Gasteiger partial charge in [-0.1, -0.05) is 18.2 Å². The van der Waals surface area contributed by atoms with Crippen LogP contribution in [0.2, 0.25) is 0 Å². The number of nitrogens with one attached hydrogen (secondary N) is 1. The van der Waals surface area contributed by atoms with Gasteiger partial charge in [-0.15, -0.1) is 0 Å². The van der Waals surface area contributed by atoms with Gasteiger partial charge >= 0.3 is 0 Å². The molecule has 0 aliphatic carbocycles. The number of amides is 1. The third kappa shape index (κ3) is 3.05. The monoisotopic (exact) mass is 372 g/mol. The number of pyridine rings is 1. The average molecular weight is 372 g/mol. The molecule has 3 aromatic rings. The Morgan fingerprint density at radius 3 is 2.74 bits per heavy atom. The molecular weight excluding hydrogens is 355 g/mol. The molecule has 4 rings (SSSR count). The van der Waals surface area contributed by atoms with Crippen LogP contribution in [0.5, 0.6) is 0 Å². The zero-order valence-corrected chi connectivity index (χ0v) is 14.1. The van der Waals surface area contributed by atoms with Crippen LogP contribution in [0.3, 0.4) is 0 Å². The van der Waals surface area contributed by atoms with Crippen molar-refractivity contribution in [2.75, 3.05) is 11.9 Å². The van der Waals surface area contributed by atoms with Crippen LogP contribution in [0.25, 0.3) is 11.2 Å². The number of carbonyl (C=O) groups is 1. The molecule has 140 valence electrons. The normalized spacial score (nSPS) is 25.0. The van der Waals surface area contributed by atoms with Crippen molar-refractivity contribution in [1.82, 2.24) is 14.5 Å². The number of ether oxygens (including phenoxy) is 1. The highest BCUT2D eigenvalue weighted by atomic mass is 19.1. The Bertz CT molecular complexity index is 964. The quantitative estimate of drug-likeness (QED) is 0.636. The number of fused-ring (bicyclic) bond motifs is 1. The second kappa shape index (κ2) is 7.03.